The number of hydrogen-bond donors (Lipinski definition) is 2. The molecule has 2 rings (SSSR count). The Labute approximate surface area is 185 Å². The number of aryl methyl sites for hydroxylation is 1. The first-order valence-electron chi connectivity index (χ1n) is 10.1. The van der Waals surface area contributed by atoms with Crippen LogP contribution in [-0.4, -0.2) is 49.8 Å². The van der Waals surface area contributed by atoms with E-state index in [1.165, 1.54) is 15.5 Å². The predicted molar refractivity (Wildman–Crippen MR) is 118 cm³/mol. The molecule has 8 nitrogen and oxygen atoms in total. The van der Waals surface area contributed by atoms with Gasteiger partial charge < -0.3 is 19.7 Å². The minimum Gasteiger partial charge on any atom is -0.489 e. The van der Waals surface area contributed by atoms with Gasteiger partial charge in [-0.2, -0.15) is 0 Å². The van der Waals surface area contributed by atoms with E-state index in [4.69, 9.17) is 4.74 Å². The fraction of sp³-hybridized carbons (Fsp3) is 0.667. The third kappa shape index (κ3) is 5.56. The number of hydrogen-bond acceptors (Lipinski definition) is 4. The van der Waals surface area contributed by atoms with E-state index >= 15 is 0 Å². The average molecular weight is 486 g/mol. The van der Waals surface area contributed by atoms with Crippen LogP contribution < -0.4 is 15.6 Å². The Kier molecular flexibility index (Phi) is 7.27. The molecule has 1 aliphatic rings. The second-order valence-electron chi connectivity index (χ2n) is 9.35. The minimum atomic E-state index is -1.20. The SMILES string of the molecule is Cn1cc(Br)c(OC2CCC(NC(=O)C(C)(C)N(C(=O)O)C(C)(C)C)CC2)cc1=O. The molecule has 0 radical (unpaired) electrons. The molecular formula is C21H32BrN3O5. The molecule has 168 valence electrons. The Balaban J connectivity index is 1.97. The van der Waals surface area contributed by atoms with E-state index in [9.17, 15) is 19.5 Å². The topological polar surface area (TPSA) is 101 Å². The van der Waals surface area contributed by atoms with Crippen molar-refractivity contribution >= 4 is 27.9 Å². The zero-order valence-electron chi connectivity index (χ0n) is 18.5. The van der Waals surface area contributed by atoms with E-state index in [0.717, 1.165) is 30.2 Å². The van der Waals surface area contributed by atoms with Gasteiger partial charge in [0.05, 0.1) is 10.6 Å². The van der Waals surface area contributed by atoms with Gasteiger partial charge in [-0.05, 0) is 76.2 Å². The first-order chi connectivity index (χ1) is 13.7. The summed E-state index contributed by atoms with van der Waals surface area (Å²) in [5.41, 5.74) is -2.05. The molecular weight excluding hydrogens is 454 g/mol. The number of carbonyl (C=O) groups excluding carboxylic acids is 1. The second-order valence-corrected chi connectivity index (χ2v) is 10.2. The van der Waals surface area contributed by atoms with E-state index < -0.39 is 17.2 Å². The van der Waals surface area contributed by atoms with Gasteiger partial charge in [0.25, 0.3) is 5.56 Å². The smallest absolute Gasteiger partial charge is 0.408 e. The fourth-order valence-electron chi connectivity index (χ4n) is 4.00. The molecule has 9 heteroatoms. The van der Waals surface area contributed by atoms with Crippen LogP contribution in [0, 0.1) is 0 Å². The lowest BCUT2D eigenvalue weighted by molar-refractivity contribution is -0.134. The lowest BCUT2D eigenvalue weighted by Crippen LogP contribution is -2.64. The van der Waals surface area contributed by atoms with Gasteiger partial charge >= 0.3 is 6.09 Å². The molecule has 1 fully saturated rings. The van der Waals surface area contributed by atoms with Crippen LogP contribution in [0.1, 0.15) is 60.3 Å². The van der Waals surface area contributed by atoms with Crippen LogP contribution >= 0.6 is 15.9 Å². The van der Waals surface area contributed by atoms with Gasteiger partial charge in [-0.25, -0.2) is 4.79 Å². The zero-order valence-corrected chi connectivity index (χ0v) is 20.1. The quantitative estimate of drug-likeness (QED) is 0.664. The Morgan fingerprint density at radius 2 is 1.77 bits per heavy atom. The lowest BCUT2D eigenvalue weighted by Gasteiger charge is -2.44. The van der Waals surface area contributed by atoms with Crippen molar-refractivity contribution in [3.8, 4) is 5.75 Å². The molecule has 0 aliphatic heterocycles. The van der Waals surface area contributed by atoms with Crippen molar-refractivity contribution in [1.82, 2.24) is 14.8 Å². The van der Waals surface area contributed by atoms with Crippen molar-refractivity contribution in [2.75, 3.05) is 0 Å². The summed E-state index contributed by atoms with van der Waals surface area (Å²) in [7, 11) is 1.68. The summed E-state index contributed by atoms with van der Waals surface area (Å²) in [4.78, 5) is 37.7. The molecule has 0 unspecified atom stereocenters. The number of amides is 2. The molecule has 0 saturated heterocycles. The Morgan fingerprint density at radius 1 is 1.20 bits per heavy atom. The number of ether oxygens (including phenoxy) is 1. The number of pyridine rings is 1. The predicted octanol–water partition coefficient (Wildman–Crippen LogP) is 3.51. The second kappa shape index (κ2) is 8.99. The Hall–Kier alpha value is -2.03. The summed E-state index contributed by atoms with van der Waals surface area (Å²) in [6.45, 7) is 8.57. The van der Waals surface area contributed by atoms with Crippen LogP contribution in [0.4, 0.5) is 4.79 Å². The minimum absolute atomic E-state index is 0.0420. The van der Waals surface area contributed by atoms with E-state index in [1.54, 1.807) is 47.9 Å². The number of nitrogens with zero attached hydrogens (tertiary/aromatic N) is 2. The fourth-order valence-corrected chi connectivity index (χ4v) is 4.52. The van der Waals surface area contributed by atoms with Crippen molar-refractivity contribution in [3.63, 3.8) is 0 Å². The molecule has 0 spiro atoms. The van der Waals surface area contributed by atoms with Crippen LogP contribution in [0.5, 0.6) is 5.75 Å². The van der Waals surface area contributed by atoms with Gasteiger partial charge in [0, 0.05) is 30.9 Å². The molecule has 0 atom stereocenters. The highest BCUT2D eigenvalue weighted by Gasteiger charge is 2.44. The monoisotopic (exact) mass is 485 g/mol. The third-order valence-electron chi connectivity index (χ3n) is 5.42. The number of carboxylic acid groups (broad SMARTS) is 1. The average Bonchev–Trinajstić information content (AvgIpc) is 2.59. The van der Waals surface area contributed by atoms with Crippen molar-refractivity contribution < 1.29 is 19.4 Å². The standard InChI is InChI=1S/C21H32BrN3O5/c1-20(2,3)25(19(28)29)21(4,5)18(27)23-13-7-9-14(10-8-13)30-16-11-17(26)24(6)12-15(16)22/h11-14H,7-10H2,1-6H3,(H,23,27)(H,28,29). The van der Waals surface area contributed by atoms with Crippen LogP contribution in [0.15, 0.2) is 21.5 Å². The van der Waals surface area contributed by atoms with Crippen molar-refractivity contribution in [2.45, 2.75) is 83.5 Å². The molecule has 1 saturated carbocycles. The highest BCUT2D eigenvalue weighted by Crippen LogP contribution is 2.30. The molecule has 2 amide bonds. The summed E-state index contributed by atoms with van der Waals surface area (Å²) < 4.78 is 8.19. The molecule has 0 bridgehead atoms. The molecule has 1 aromatic heterocycles. The van der Waals surface area contributed by atoms with Crippen molar-refractivity contribution in [3.05, 3.63) is 27.1 Å². The molecule has 1 heterocycles. The van der Waals surface area contributed by atoms with Crippen molar-refractivity contribution in [2.24, 2.45) is 7.05 Å². The van der Waals surface area contributed by atoms with Crippen LogP contribution in [0.3, 0.4) is 0 Å². The van der Waals surface area contributed by atoms with Crippen LogP contribution in [0.25, 0.3) is 0 Å². The summed E-state index contributed by atoms with van der Waals surface area (Å²) in [6.07, 6.45) is 3.41. The van der Waals surface area contributed by atoms with E-state index in [2.05, 4.69) is 21.2 Å². The van der Waals surface area contributed by atoms with E-state index in [0.29, 0.717) is 5.75 Å². The highest BCUT2D eigenvalue weighted by atomic mass is 79.9. The molecule has 2 N–H and O–H groups in total. The summed E-state index contributed by atoms with van der Waals surface area (Å²) >= 11 is 3.42. The zero-order chi connectivity index (χ0) is 22.9. The summed E-state index contributed by atoms with van der Waals surface area (Å²) in [6, 6.07) is 1.42. The molecule has 1 aliphatic carbocycles. The Bertz CT molecular complexity index is 851. The highest BCUT2D eigenvalue weighted by molar-refractivity contribution is 9.10. The van der Waals surface area contributed by atoms with E-state index in [-0.39, 0.29) is 23.6 Å². The van der Waals surface area contributed by atoms with Gasteiger partial charge in [-0.15, -0.1) is 0 Å². The molecule has 0 aromatic carbocycles. The van der Waals surface area contributed by atoms with Gasteiger partial charge in [-0.1, -0.05) is 0 Å². The Morgan fingerprint density at radius 3 is 2.27 bits per heavy atom. The molecule has 1 aromatic rings. The van der Waals surface area contributed by atoms with Crippen molar-refractivity contribution in [1.29, 1.82) is 0 Å². The van der Waals surface area contributed by atoms with Gasteiger partial charge in [0.15, 0.2) is 0 Å². The summed E-state index contributed by atoms with van der Waals surface area (Å²) in [5.74, 6) is 0.215. The first kappa shape index (κ1) is 24.2. The maximum Gasteiger partial charge on any atom is 0.408 e. The number of aromatic nitrogens is 1. The maximum atomic E-state index is 12.9. The number of halogens is 1. The number of nitrogens with one attached hydrogen (secondary N) is 1. The number of rotatable bonds is 5. The van der Waals surface area contributed by atoms with Gasteiger partial charge in [0.1, 0.15) is 11.3 Å². The van der Waals surface area contributed by atoms with E-state index in [1.807, 2.05) is 0 Å². The van der Waals surface area contributed by atoms with Crippen LogP contribution in [-0.2, 0) is 11.8 Å². The van der Waals surface area contributed by atoms with Gasteiger partial charge in [0.2, 0.25) is 5.91 Å². The maximum absolute atomic E-state index is 12.9. The van der Waals surface area contributed by atoms with Gasteiger partial charge in [-0.3, -0.25) is 14.5 Å². The third-order valence-corrected chi connectivity index (χ3v) is 6.02. The lowest BCUT2D eigenvalue weighted by atomic mass is 9.90. The molecule has 30 heavy (non-hydrogen) atoms. The largest absolute Gasteiger partial charge is 0.489 e. The summed E-state index contributed by atoms with van der Waals surface area (Å²) in [5, 5.41) is 12.7. The number of carbonyl (C=O) groups is 2. The van der Waals surface area contributed by atoms with Crippen LogP contribution in [0.2, 0.25) is 0 Å². The normalized spacial score (nSPS) is 19.8. The first-order valence-corrected chi connectivity index (χ1v) is 10.9.